The lowest BCUT2D eigenvalue weighted by Gasteiger charge is -2.32. The third kappa shape index (κ3) is 3.60. The van der Waals surface area contributed by atoms with Gasteiger partial charge in [-0.05, 0) is 91.8 Å². The van der Waals surface area contributed by atoms with Gasteiger partial charge in [0.15, 0.2) is 0 Å². The first-order chi connectivity index (χ1) is 14.6. The van der Waals surface area contributed by atoms with E-state index in [9.17, 15) is 4.39 Å². The van der Waals surface area contributed by atoms with Crippen molar-refractivity contribution < 1.29 is 4.39 Å². The maximum atomic E-state index is 13.8. The molecule has 0 bridgehead atoms. The van der Waals surface area contributed by atoms with Gasteiger partial charge in [0.25, 0.3) is 0 Å². The summed E-state index contributed by atoms with van der Waals surface area (Å²) in [4.78, 5) is 14.1. The summed E-state index contributed by atoms with van der Waals surface area (Å²) >= 11 is 1.75. The third-order valence-electron chi connectivity index (χ3n) is 6.79. The van der Waals surface area contributed by atoms with Crippen LogP contribution in [-0.2, 0) is 0 Å². The highest BCUT2D eigenvalue weighted by molar-refractivity contribution is 7.98. The number of fused-ring (bicyclic) bond motifs is 2. The van der Waals surface area contributed by atoms with Crippen molar-refractivity contribution in [2.24, 2.45) is 5.92 Å². The lowest BCUT2D eigenvalue weighted by Crippen LogP contribution is -2.19. The highest BCUT2D eigenvalue weighted by Crippen LogP contribution is 2.43. The Morgan fingerprint density at radius 2 is 1.83 bits per heavy atom. The van der Waals surface area contributed by atoms with Crippen LogP contribution in [0.3, 0.4) is 0 Å². The summed E-state index contributed by atoms with van der Waals surface area (Å²) in [6.45, 7) is 2.30. The molecule has 1 unspecified atom stereocenters. The highest BCUT2D eigenvalue weighted by atomic mass is 32.2. The number of nitrogens with one attached hydrogen (secondary N) is 1. The van der Waals surface area contributed by atoms with Crippen LogP contribution in [0.1, 0.15) is 55.8 Å². The molecule has 0 radical (unpaired) electrons. The fourth-order valence-electron chi connectivity index (χ4n) is 5.00. The second-order valence-electron chi connectivity index (χ2n) is 8.47. The molecule has 1 N–H and O–H groups in total. The molecule has 1 aliphatic carbocycles. The number of H-pyrrole nitrogens is 1. The zero-order valence-corrected chi connectivity index (χ0v) is 18.2. The second kappa shape index (κ2) is 8.03. The largest absolute Gasteiger partial charge is 0.342 e. The number of nitrogens with zero attached hydrogens (tertiary/aromatic N) is 2. The van der Waals surface area contributed by atoms with E-state index in [0.717, 1.165) is 53.4 Å². The third-order valence-corrected chi connectivity index (χ3v) is 7.52. The van der Waals surface area contributed by atoms with Crippen molar-refractivity contribution in [3.63, 3.8) is 0 Å². The summed E-state index contributed by atoms with van der Waals surface area (Å²) in [6, 6.07) is 13.4. The van der Waals surface area contributed by atoms with Crippen LogP contribution in [0.4, 0.5) is 4.39 Å². The summed E-state index contributed by atoms with van der Waals surface area (Å²) < 4.78 is 13.8. The van der Waals surface area contributed by atoms with Crippen molar-refractivity contribution in [2.75, 3.05) is 6.26 Å². The average Bonchev–Trinajstić information content (AvgIpc) is 3.21. The van der Waals surface area contributed by atoms with Crippen LogP contribution in [0.2, 0.25) is 0 Å². The number of pyridine rings is 1. The summed E-state index contributed by atoms with van der Waals surface area (Å²) in [5, 5.41) is 0.968. The molecular formula is C25H26FN3S. The van der Waals surface area contributed by atoms with Crippen molar-refractivity contribution in [2.45, 2.75) is 49.3 Å². The summed E-state index contributed by atoms with van der Waals surface area (Å²) in [6.07, 6.45) is 8.54. The van der Waals surface area contributed by atoms with E-state index >= 15 is 0 Å². The van der Waals surface area contributed by atoms with Gasteiger partial charge in [0.1, 0.15) is 11.6 Å². The monoisotopic (exact) mass is 419 g/mol. The summed E-state index contributed by atoms with van der Waals surface area (Å²) in [5.41, 5.74) is 4.31. The topological polar surface area (TPSA) is 41.6 Å². The van der Waals surface area contributed by atoms with E-state index in [0.29, 0.717) is 17.8 Å². The van der Waals surface area contributed by atoms with Crippen molar-refractivity contribution in [3.05, 3.63) is 65.9 Å². The molecule has 0 aliphatic heterocycles. The smallest absolute Gasteiger partial charge is 0.123 e. The van der Waals surface area contributed by atoms with Gasteiger partial charge in [-0.25, -0.2) is 9.37 Å². The molecule has 154 valence electrons. The predicted molar refractivity (Wildman–Crippen MR) is 123 cm³/mol. The molecule has 1 fully saturated rings. The summed E-state index contributed by atoms with van der Waals surface area (Å²) in [7, 11) is 0. The van der Waals surface area contributed by atoms with E-state index in [1.807, 2.05) is 6.20 Å². The van der Waals surface area contributed by atoms with Gasteiger partial charge >= 0.3 is 0 Å². The van der Waals surface area contributed by atoms with Crippen LogP contribution in [0, 0.1) is 11.7 Å². The fraction of sp³-hybridized carbons (Fsp3) is 0.360. The molecule has 2 heterocycles. The number of hydrogen-bond acceptors (Lipinski definition) is 3. The number of hydrogen-bond donors (Lipinski definition) is 1. The first kappa shape index (κ1) is 19.6. The van der Waals surface area contributed by atoms with E-state index in [4.69, 9.17) is 4.98 Å². The van der Waals surface area contributed by atoms with E-state index in [2.05, 4.69) is 47.4 Å². The Hall–Kier alpha value is -2.40. The zero-order valence-electron chi connectivity index (χ0n) is 17.4. The number of aromatic amines is 1. The number of benzene rings is 2. The molecule has 3 nitrogen and oxygen atoms in total. The number of halogens is 1. The van der Waals surface area contributed by atoms with Gasteiger partial charge < -0.3 is 4.98 Å². The molecule has 0 amide bonds. The Kier molecular flexibility index (Phi) is 5.23. The van der Waals surface area contributed by atoms with Crippen LogP contribution in [0.5, 0.6) is 0 Å². The van der Waals surface area contributed by atoms with Crippen LogP contribution < -0.4 is 0 Å². The maximum Gasteiger partial charge on any atom is 0.123 e. The average molecular weight is 420 g/mol. The highest BCUT2D eigenvalue weighted by Gasteiger charge is 2.29. The van der Waals surface area contributed by atoms with Gasteiger partial charge in [0, 0.05) is 22.4 Å². The van der Waals surface area contributed by atoms with E-state index in [1.54, 1.807) is 23.9 Å². The van der Waals surface area contributed by atoms with Crippen LogP contribution in [-0.4, -0.2) is 21.2 Å². The van der Waals surface area contributed by atoms with Crippen LogP contribution >= 0.6 is 11.8 Å². The van der Waals surface area contributed by atoms with Gasteiger partial charge in [-0.1, -0.05) is 6.92 Å². The number of thioether (sulfide) groups is 1. The lowest BCUT2D eigenvalue weighted by atomic mass is 9.73. The van der Waals surface area contributed by atoms with Crippen LogP contribution in [0.25, 0.3) is 21.9 Å². The molecular weight excluding hydrogens is 393 g/mol. The molecule has 1 saturated carbocycles. The molecule has 4 aromatic rings. The number of imidazole rings is 1. The Bertz CT molecular complexity index is 1190. The van der Waals surface area contributed by atoms with E-state index in [1.165, 1.54) is 16.5 Å². The molecule has 1 aliphatic rings. The summed E-state index contributed by atoms with van der Waals surface area (Å²) in [5.74, 6) is 2.41. The van der Waals surface area contributed by atoms with Crippen LogP contribution in [0.15, 0.2) is 53.6 Å². The molecule has 5 rings (SSSR count). The minimum absolute atomic E-state index is 0.187. The number of rotatable bonds is 4. The molecule has 1 atom stereocenters. The minimum Gasteiger partial charge on any atom is -0.342 e. The number of aromatic nitrogens is 3. The fourth-order valence-corrected chi connectivity index (χ4v) is 5.44. The SMILES string of the molecule is CSc1ccc2nc(C(C)C3CCC(c4ccnc5ccc(F)cc45)CC3)[nH]c2c1. The lowest BCUT2D eigenvalue weighted by molar-refractivity contribution is 0.286. The van der Waals surface area contributed by atoms with Gasteiger partial charge in [-0.3, -0.25) is 4.98 Å². The van der Waals surface area contributed by atoms with Gasteiger partial charge in [0.2, 0.25) is 0 Å². The first-order valence-corrected chi connectivity index (χ1v) is 11.9. The molecule has 30 heavy (non-hydrogen) atoms. The van der Waals surface area contributed by atoms with Crippen molar-refractivity contribution >= 4 is 33.7 Å². The minimum atomic E-state index is -0.187. The molecule has 5 heteroatoms. The quantitative estimate of drug-likeness (QED) is 0.360. The molecule has 0 spiro atoms. The molecule has 0 saturated heterocycles. The van der Waals surface area contributed by atoms with Crippen molar-refractivity contribution in [3.8, 4) is 0 Å². The Morgan fingerprint density at radius 3 is 2.63 bits per heavy atom. The Balaban J connectivity index is 1.33. The Morgan fingerprint density at radius 1 is 1.03 bits per heavy atom. The van der Waals surface area contributed by atoms with Gasteiger partial charge in [-0.15, -0.1) is 11.8 Å². The van der Waals surface area contributed by atoms with E-state index < -0.39 is 0 Å². The van der Waals surface area contributed by atoms with Crippen molar-refractivity contribution in [1.29, 1.82) is 0 Å². The Labute approximate surface area is 180 Å². The standard InChI is InChI=1S/C25H26FN3S/c1-15(25-28-23-10-8-19(30-2)14-24(23)29-25)16-3-5-17(6-4-16)20-11-12-27-22-9-7-18(26)13-21(20)22/h7-17H,3-6H2,1-2H3,(H,28,29). The second-order valence-corrected chi connectivity index (χ2v) is 9.35. The predicted octanol–water partition coefficient (Wildman–Crippen LogP) is 7.05. The molecule has 2 aromatic heterocycles. The van der Waals surface area contributed by atoms with Gasteiger partial charge in [0.05, 0.1) is 16.6 Å². The molecule has 2 aromatic carbocycles. The first-order valence-electron chi connectivity index (χ1n) is 10.7. The van der Waals surface area contributed by atoms with Gasteiger partial charge in [-0.2, -0.15) is 0 Å². The van der Waals surface area contributed by atoms with E-state index in [-0.39, 0.29) is 5.82 Å². The zero-order chi connectivity index (χ0) is 20.7. The van der Waals surface area contributed by atoms with Crippen molar-refractivity contribution in [1.82, 2.24) is 15.0 Å². The maximum absolute atomic E-state index is 13.8. The normalized spacial score (nSPS) is 20.6.